The van der Waals surface area contributed by atoms with Crippen LogP contribution in [0.5, 0.6) is 5.75 Å². The molecule has 0 spiro atoms. The van der Waals surface area contributed by atoms with E-state index in [0.717, 1.165) is 18.6 Å². The number of benzene rings is 1. The van der Waals surface area contributed by atoms with Crippen LogP contribution in [0.3, 0.4) is 0 Å². The highest BCUT2D eigenvalue weighted by atomic mass is 16.5. The molecular weight excluding hydrogens is 408 g/mol. The van der Waals surface area contributed by atoms with Crippen LogP contribution >= 0.6 is 0 Å². The molecule has 9 heteroatoms. The smallest absolute Gasteiger partial charge is 0.260 e. The standard InChI is InChI=1S/C15H14N6O2.C8H16O/c1-23-12-6-11(17)9(7-16)5-10(12)15(22)20-14-8-18-13-3-2-4-19-21(13)14;9-7-6-8-4-2-1-3-5-8/h2-8,16H,17H2,1H3,(H,20,22);8-9H,1-7H2. The van der Waals surface area contributed by atoms with Crippen molar-refractivity contribution in [2.45, 2.75) is 38.5 Å². The molecular formula is C23H30N6O3. The Hall–Kier alpha value is -3.46. The highest BCUT2D eigenvalue weighted by Gasteiger charge is 2.17. The van der Waals surface area contributed by atoms with Crippen LogP contribution in [0.25, 0.3) is 5.65 Å². The van der Waals surface area contributed by atoms with Crippen LogP contribution < -0.4 is 15.8 Å². The van der Waals surface area contributed by atoms with Gasteiger partial charge in [-0.3, -0.25) is 4.79 Å². The van der Waals surface area contributed by atoms with Crippen molar-refractivity contribution in [2.75, 3.05) is 24.8 Å². The number of aromatic nitrogens is 3. The van der Waals surface area contributed by atoms with Crippen LogP contribution in [0.1, 0.15) is 54.4 Å². The molecule has 0 atom stereocenters. The lowest BCUT2D eigenvalue weighted by atomic mass is 9.87. The molecule has 5 N–H and O–H groups in total. The van der Waals surface area contributed by atoms with Gasteiger partial charge in [0, 0.05) is 36.3 Å². The number of anilines is 2. The molecule has 0 radical (unpaired) electrons. The fourth-order valence-electron chi connectivity index (χ4n) is 3.84. The fourth-order valence-corrected chi connectivity index (χ4v) is 3.84. The van der Waals surface area contributed by atoms with E-state index in [1.165, 1.54) is 62.1 Å². The van der Waals surface area contributed by atoms with Crippen molar-refractivity contribution in [2.24, 2.45) is 5.92 Å². The van der Waals surface area contributed by atoms with E-state index in [0.29, 0.717) is 35.1 Å². The Morgan fingerprint density at radius 3 is 2.84 bits per heavy atom. The summed E-state index contributed by atoms with van der Waals surface area (Å²) in [6, 6.07) is 6.56. The maximum Gasteiger partial charge on any atom is 0.260 e. The van der Waals surface area contributed by atoms with Crippen molar-refractivity contribution in [3.05, 3.63) is 47.8 Å². The minimum Gasteiger partial charge on any atom is -0.496 e. The number of carbonyl (C=O) groups excluding carboxylic acids is 1. The van der Waals surface area contributed by atoms with E-state index in [1.54, 1.807) is 18.3 Å². The van der Waals surface area contributed by atoms with E-state index in [2.05, 4.69) is 15.4 Å². The Kier molecular flexibility index (Phi) is 8.15. The average Bonchev–Trinajstić information content (AvgIpc) is 3.23. The maximum absolute atomic E-state index is 12.5. The van der Waals surface area contributed by atoms with Gasteiger partial charge in [-0.1, -0.05) is 32.1 Å². The van der Waals surface area contributed by atoms with Crippen LogP contribution in [0.4, 0.5) is 11.5 Å². The predicted octanol–water partition coefficient (Wildman–Crippen LogP) is 3.52. The van der Waals surface area contributed by atoms with Crippen molar-refractivity contribution < 1.29 is 14.6 Å². The zero-order valence-electron chi connectivity index (χ0n) is 18.3. The molecule has 170 valence electrons. The molecule has 4 rings (SSSR count). The first-order chi connectivity index (χ1) is 15.6. The first-order valence-corrected chi connectivity index (χ1v) is 10.8. The molecule has 1 fully saturated rings. The van der Waals surface area contributed by atoms with E-state index in [9.17, 15) is 4.79 Å². The van der Waals surface area contributed by atoms with Gasteiger partial charge in [0.05, 0.1) is 18.9 Å². The summed E-state index contributed by atoms with van der Waals surface area (Å²) in [5.41, 5.74) is 7.49. The van der Waals surface area contributed by atoms with E-state index in [4.69, 9.17) is 21.0 Å². The van der Waals surface area contributed by atoms with Crippen LogP contribution in [0.15, 0.2) is 36.7 Å². The number of methoxy groups -OCH3 is 1. The maximum atomic E-state index is 12.5. The average molecular weight is 439 g/mol. The molecule has 3 aromatic rings. The van der Waals surface area contributed by atoms with E-state index < -0.39 is 5.91 Å². The molecule has 0 bridgehead atoms. The quantitative estimate of drug-likeness (QED) is 0.343. The monoisotopic (exact) mass is 438 g/mol. The minimum atomic E-state index is -0.405. The number of hydrogen-bond acceptors (Lipinski definition) is 7. The first kappa shape index (κ1) is 23.2. The van der Waals surface area contributed by atoms with Crippen LogP contribution in [0.2, 0.25) is 0 Å². The number of amides is 1. The third kappa shape index (κ3) is 5.61. The predicted molar refractivity (Wildman–Crippen MR) is 125 cm³/mol. The second-order valence-corrected chi connectivity index (χ2v) is 7.73. The van der Waals surface area contributed by atoms with Gasteiger partial charge in [-0.25, -0.2) is 4.98 Å². The molecule has 9 nitrogen and oxygen atoms in total. The molecule has 2 aromatic heterocycles. The van der Waals surface area contributed by atoms with Crippen molar-refractivity contribution in [1.82, 2.24) is 14.6 Å². The van der Waals surface area contributed by atoms with Crippen molar-refractivity contribution in [1.29, 1.82) is 5.41 Å². The van der Waals surface area contributed by atoms with Crippen molar-refractivity contribution >= 4 is 29.3 Å². The van der Waals surface area contributed by atoms with Gasteiger partial charge in [-0.2, -0.15) is 9.61 Å². The Labute approximate surface area is 187 Å². The molecule has 1 saturated carbocycles. The van der Waals surface area contributed by atoms with Gasteiger partial charge in [0.2, 0.25) is 0 Å². The highest BCUT2D eigenvalue weighted by molar-refractivity contribution is 6.07. The number of fused-ring (bicyclic) bond motifs is 1. The summed E-state index contributed by atoms with van der Waals surface area (Å²) in [6.45, 7) is 0.394. The summed E-state index contributed by atoms with van der Waals surface area (Å²) in [5.74, 6) is 1.20. The Morgan fingerprint density at radius 2 is 2.16 bits per heavy atom. The van der Waals surface area contributed by atoms with Crippen LogP contribution in [-0.4, -0.2) is 45.5 Å². The lowest BCUT2D eigenvalue weighted by Gasteiger charge is -2.19. The largest absolute Gasteiger partial charge is 0.496 e. The summed E-state index contributed by atoms with van der Waals surface area (Å²) in [6.07, 6.45) is 12.2. The number of nitrogen functional groups attached to an aromatic ring is 1. The summed E-state index contributed by atoms with van der Waals surface area (Å²) >= 11 is 0. The number of imidazole rings is 1. The van der Waals surface area contributed by atoms with Crippen molar-refractivity contribution in [3.8, 4) is 5.75 Å². The molecule has 0 saturated heterocycles. The third-order valence-corrected chi connectivity index (χ3v) is 5.59. The number of rotatable bonds is 6. The molecule has 0 unspecified atom stereocenters. The van der Waals surface area contributed by atoms with Crippen LogP contribution in [0, 0.1) is 11.3 Å². The van der Waals surface area contributed by atoms with Gasteiger partial charge in [-0.15, -0.1) is 0 Å². The number of nitrogens with two attached hydrogens (primary N) is 1. The summed E-state index contributed by atoms with van der Waals surface area (Å²) < 4.78 is 6.71. The lowest BCUT2D eigenvalue weighted by Crippen LogP contribution is -2.16. The number of carbonyl (C=O) groups is 1. The summed E-state index contributed by atoms with van der Waals surface area (Å²) in [4.78, 5) is 16.7. The van der Waals surface area contributed by atoms with E-state index >= 15 is 0 Å². The second kappa shape index (κ2) is 11.2. The fraction of sp³-hybridized carbons (Fsp3) is 0.391. The lowest BCUT2D eigenvalue weighted by molar-refractivity contribution is 0.102. The Bertz CT molecular complexity index is 1060. The molecule has 1 amide bonds. The zero-order valence-corrected chi connectivity index (χ0v) is 18.3. The van der Waals surface area contributed by atoms with Gasteiger partial charge >= 0.3 is 0 Å². The van der Waals surface area contributed by atoms with Crippen molar-refractivity contribution in [3.63, 3.8) is 0 Å². The SMILES string of the molecule is COc1cc(N)c(C=N)cc1C(=O)Nc1cnc2cccnn12.OCCC1CCCCC1. The molecule has 0 aliphatic heterocycles. The first-order valence-electron chi connectivity index (χ1n) is 10.8. The van der Waals surface area contributed by atoms with Gasteiger partial charge in [0.25, 0.3) is 5.91 Å². The summed E-state index contributed by atoms with van der Waals surface area (Å²) in [5, 5.41) is 22.8. The number of ether oxygens (including phenoxy) is 1. The Balaban J connectivity index is 0.000000269. The zero-order chi connectivity index (χ0) is 22.9. The van der Waals surface area contributed by atoms with Gasteiger partial charge in [0.1, 0.15) is 5.75 Å². The number of aliphatic hydroxyl groups excluding tert-OH is 1. The topological polar surface area (TPSA) is 139 Å². The number of aliphatic hydroxyl groups is 1. The van der Waals surface area contributed by atoms with Gasteiger partial charge in [0.15, 0.2) is 11.5 Å². The third-order valence-electron chi connectivity index (χ3n) is 5.59. The van der Waals surface area contributed by atoms with Gasteiger partial charge < -0.3 is 26.3 Å². The van der Waals surface area contributed by atoms with Crippen LogP contribution in [-0.2, 0) is 0 Å². The molecule has 32 heavy (non-hydrogen) atoms. The molecule has 2 heterocycles. The van der Waals surface area contributed by atoms with Gasteiger partial charge in [-0.05, 0) is 30.5 Å². The van der Waals surface area contributed by atoms with E-state index in [-0.39, 0.29) is 5.56 Å². The molecule has 1 aliphatic rings. The highest BCUT2D eigenvalue weighted by Crippen LogP contribution is 2.26. The number of nitrogens with zero attached hydrogens (tertiary/aromatic N) is 3. The minimum absolute atomic E-state index is 0.270. The number of nitrogens with one attached hydrogen (secondary N) is 2. The van der Waals surface area contributed by atoms with E-state index in [1.807, 2.05) is 0 Å². The molecule has 1 aliphatic carbocycles. The number of hydrogen-bond donors (Lipinski definition) is 4. The normalized spacial score (nSPS) is 13.8. The Morgan fingerprint density at radius 1 is 1.38 bits per heavy atom. The second-order valence-electron chi connectivity index (χ2n) is 7.73. The summed E-state index contributed by atoms with van der Waals surface area (Å²) in [7, 11) is 1.45. The molecule has 1 aromatic carbocycles.